The highest BCUT2D eigenvalue weighted by Crippen LogP contribution is 2.21. The van der Waals surface area contributed by atoms with Crippen LogP contribution in [-0.4, -0.2) is 30.2 Å². The van der Waals surface area contributed by atoms with Crippen LogP contribution in [0.4, 0.5) is 5.82 Å². The highest BCUT2D eigenvalue weighted by molar-refractivity contribution is 5.95. The van der Waals surface area contributed by atoms with E-state index in [1.807, 2.05) is 6.92 Å². The maximum Gasteiger partial charge on any atom is 0.343 e. The summed E-state index contributed by atoms with van der Waals surface area (Å²) in [6.45, 7) is 3.65. The lowest BCUT2D eigenvalue weighted by atomic mass is 10.2. The number of aromatic nitrogens is 2. The van der Waals surface area contributed by atoms with E-state index in [2.05, 4.69) is 14.7 Å². The SMILES string of the molecule is CCC(OC)c1nc(C)c(C(=O)OC)c(N)n1. The molecular formula is C11H17N3O3. The fraction of sp³-hybridized carbons (Fsp3) is 0.545. The first kappa shape index (κ1) is 13.4. The lowest BCUT2D eigenvalue weighted by Crippen LogP contribution is -2.15. The predicted octanol–water partition coefficient (Wildman–Crippen LogP) is 1.25. The number of anilines is 1. The Balaban J connectivity index is 3.22. The van der Waals surface area contributed by atoms with Gasteiger partial charge in [0.1, 0.15) is 17.5 Å². The van der Waals surface area contributed by atoms with E-state index in [4.69, 9.17) is 10.5 Å². The molecule has 1 heterocycles. The molecule has 0 saturated heterocycles. The van der Waals surface area contributed by atoms with E-state index in [1.165, 1.54) is 7.11 Å². The Morgan fingerprint density at radius 2 is 2.06 bits per heavy atom. The second-order valence-electron chi connectivity index (χ2n) is 3.55. The van der Waals surface area contributed by atoms with Crippen LogP contribution in [0.1, 0.15) is 41.3 Å². The Kier molecular flexibility index (Phi) is 4.39. The van der Waals surface area contributed by atoms with Gasteiger partial charge in [-0.1, -0.05) is 6.92 Å². The van der Waals surface area contributed by atoms with Crippen LogP contribution in [-0.2, 0) is 9.47 Å². The van der Waals surface area contributed by atoms with Crippen molar-refractivity contribution in [2.45, 2.75) is 26.4 Å². The summed E-state index contributed by atoms with van der Waals surface area (Å²) in [5.74, 6) is 0.0736. The molecule has 0 aliphatic rings. The van der Waals surface area contributed by atoms with Gasteiger partial charge in [0.05, 0.1) is 12.8 Å². The highest BCUT2D eigenvalue weighted by atomic mass is 16.5. The number of nitrogen functional groups attached to an aromatic ring is 1. The van der Waals surface area contributed by atoms with Gasteiger partial charge in [0.2, 0.25) is 0 Å². The minimum Gasteiger partial charge on any atom is -0.465 e. The molecule has 1 aromatic heterocycles. The van der Waals surface area contributed by atoms with Crippen LogP contribution in [0.2, 0.25) is 0 Å². The fourth-order valence-corrected chi connectivity index (χ4v) is 1.57. The molecule has 0 bridgehead atoms. The molecule has 0 spiro atoms. The van der Waals surface area contributed by atoms with Crippen LogP contribution in [0.5, 0.6) is 0 Å². The summed E-state index contributed by atoms with van der Waals surface area (Å²) in [4.78, 5) is 19.8. The van der Waals surface area contributed by atoms with Crippen molar-refractivity contribution in [2.75, 3.05) is 20.0 Å². The summed E-state index contributed by atoms with van der Waals surface area (Å²) in [7, 11) is 2.87. The lowest BCUT2D eigenvalue weighted by Gasteiger charge is -2.14. The number of hydrogen-bond acceptors (Lipinski definition) is 6. The number of rotatable bonds is 4. The third-order valence-corrected chi connectivity index (χ3v) is 2.47. The zero-order valence-electron chi connectivity index (χ0n) is 10.5. The van der Waals surface area contributed by atoms with Gasteiger partial charge in [-0.2, -0.15) is 0 Å². The summed E-state index contributed by atoms with van der Waals surface area (Å²) in [6, 6.07) is 0. The van der Waals surface area contributed by atoms with Gasteiger partial charge in [0, 0.05) is 7.11 Å². The number of nitrogens with two attached hydrogens (primary N) is 1. The van der Waals surface area contributed by atoms with Crippen LogP contribution in [0.3, 0.4) is 0 Å². The zero-order valence-corrected chi connectivity index (χ0v) is 10.5. The van der Waals surface area contributed by atoms with Gasteiger partial charge < -0.3 is 15.2 Å². The fourth-order valence-electron chi connectivity index (χ4n) is 1.57. The summed E-state index contributed by atoms with van der Waals surface area (Å²) < 4.78 is 9.85. The van der Waals surface area contributed by atoms with E-state index < -0.39 is 5.97 Å². The Hall–Kier alpha value is -1.69. The lowest BCUT2D eigenvalue weighted by molar-refractivity contribution is 0.0598. The zero-order chi connectivity index (χ0) is 13.0. The number of aryl methyl sites for hydroxylation is 1. The van der Waals surface area contributed by atoms with Gasteiger partial charge in [0.15, 0.2) is 5.82 Å². The molecule has 1 unspecified atom stereocenters. The molecule has 6 nitrogen and oxygen atoms in total. The predicted molar refractivity (Wildman–Crippen MR) is 62.6 cm³/mol. The summed E-state index contributed by atoms with van der Waals surface area (Å²) >= 11 is 0. The van der Waals surface area contributed by atoms with Gasteiger partial charge in [-0.3, -0.25) is 0 Å². The van der Waals surface area contributed by atoms with E-state index in [9.17, 15) is 4.79 Å². The van der Waals surface area contributed by atoms with Crippen molar-refractivity contribution >= 4 is 11.8 Å². The summed E-state index contributed by atoms with van der Waals surface area (Å²) in [5, 5.41) is 0. The monoisotopic (exact) mass is 239 g/mol. The van der Waals surface area contributed by atoms with Gasteiger partial charge in [-0.15, -0.1) is 0 Å². The molecule has 1 aromatic rings. The summed E-state index contributed by atoms with van der Waals surface area (Å²) in [5.41, 5.74) is 6.44. The number of esters is 1. The van der Waals surface area contributed by atoms with Crippen LogP contribution in [0.25, 0.3) is 0 Å². The average molecular weight is 239 g/mol. The molecule has 2 N–H and O–H groups in total. The maximum atomic E-state index is 11.5. The molecule has 6 heteroatoms. The van der Waals surface area contributed by atoms with Crippen molar-refractivity contribution in [3.8, 4) is 0 Å². The van der Waals surface area contributed by atoms with Gasteiger partial charge in [-0.05, 0) is 13.3 Å². The normalized spacial score (nSPS) is 12.2. The Morgan fingerprint density at radius 3 is 2.47 bits per heavy atom. The molecule has 0 fully saturated rings. The van der Waals surface area contributed by atoms with Crippen molar-refractivity contribution in [3.05, 3.63) is 17.1 Å². The quantitative estimate of drug-likeness (QED) is 0.796. The average Bonchev–Trinajstić information content (AvgIpc) is 2.29. The molecule has 0 aliphatic carbocycles. The third kappa shape index (κ3) is 2.71. The minimum atomic E-state index is -0.531. The first-order valence-electron chi connectivity index (χ1n) is 5.30. The molecule has 0 amide bonds. The van der Waals surface area contributed by atoms with E-state index in [-0.39, 0.29) is 17.5 Å². The first-order valence-corrected chi connectivity index (χ1v) is 5.30. The van der Waals surface area contributed by atoms with Gasteiger partial charge in [0.25, 0.3) is 0 Å². The smallest absolute Gasteiger partial charge is 0.343 e. The number of methoxy groups -OCH3 is 2. The second-order valence-corrected chi connectivity index (χ2v) is 3.55. The Bertz CT molecular complexity index is 393. The van der Waals surface area contributed by atoms with Crippen molar-refractivity contribution in [1.29, 1.82) is 0 Å². The Labute approximate surface area is 100 Å². The second kappa shape index (κ2) is 5.58. The van der Waals surface area contributed by atoms with Crippen LogP contribution in [0, 0.1) is 6.92 Å². The number of hydrogen-bond donors (Lipinski definition) is 1. The largest absolute Gasteiger partial charge is 0.465 e. The molecule has 1 atom stereocenters. The number of nitrogens with zero attached hydrogens (tertiary/aromatic N) is 2. The molecular weight excluding hydrogens is 222 g/mol. The van der Waals surface area contributed by atoms with Gasteiger partial charge >= 0.3 is 5.97 Å². The molecule has 0 saturated carbocycles. The van der Waals surface area contributed by atoms with Crippen LogP contribution < -0.4 is 5.73 Å². The number of ether oxygens (including phenoxy) is 2. The third-order valence-electron chi connectivity index (χ3n) is 2.47. The van der Waals surface area contributed by atoms with Crippen molar-refractivity contribution < 1.29 is 14.3 Å². The van der Waals surface area contributed by atoms with Crippen molar-refractivity contribution in [1.82, 2.24) is 9.97 Å². The molecule has 17 heavy (non-hydrogen) atoms. The van der Waals surface area contributed by atoms with Crippen LogP contribution in [0.15, 0.2) is 0 Å². The van der Waals surface area contributed by atoms with Gasteiger partial charge in [-0.25, -0.2) is 14.8 Å². The highest BCUT2D eigenvalue weighted by Gasteiger charge is 2.20. The minimum absolute atomic E-state index is 0.120. The van der Waals surface area contributed by atoms with E-state index in [1.54, 1.807) is 14.0 Å². The van der Waals surface area contributed by atoms with Crippen LogP contribution >= 0.6 is 0 Å². The first-order chi connectivity index (χ1) is 8.04. The molecule has 0 radical (unpaired) electrons. The molecule has 94 valence electrons. The Morgan fingerprint density at radius 1 is 1.41 bits per heavy atom. The maximum absolute atomic E-state index is 11.5. The van der Waals surface area contributed by atoms with E-state index in [0.29, 0.717) is 11.5 Å². The molecule has 0 aliphatic heterocycles. The standard InChI is InChI=1S/C11H17N3O3/c1-5-7(16-3)10-13-6(2)8(9(12)14-10)11(15)17-4/h7H,5H2,1-4H3,(H2,12,13,14). The molecule has 0 aromatic carbocycles. The van der Waals surface area contributed by atoms with E-state index in [0.717, 1.165) is 6.42 Å². The summed E-state index contributed by atoms with van der Waals surface area (Å²) in [6.07, 6.45) is 0.509. The topological polar surface area (TPSA) is 87.3 Å². The number of carbonyl (C=O) groups is 1. The van der Waals surface area contributed by atoms with Crippen molar-refractivity contribution in [2.24, 2.45) is 0 Å². The number of carbonyl (C=O) groups excluding carboxylic acids is 1. The van der Waals surface area contributed by atoms with Crippen molar-refractivity contribution in [3.63, 3.8) is 0 Å². The van der Waals surface area contributed by atoms with E-state index >= 15 is 0 Å². The molecule has 1 rings (SSSR count).